The largest absolute Gasteiger partial charge is 0.481 e. The monoisotopic (exact) mass is 271 g/mol. The summed E-state index contributed by atoms with van der Waals surface area (Å²) in [4.78, 5) is 24.7. The lowest BCUT2D eigenvalue weighted by Crippen LogP contribution is -2.44. The first-order valence-electron chi connectivity index (χ1n) is 6.76. The number of ether oxygens (including phenoxy) is 1. The summed E-state index contributed by atoms with van der Waals surface area (Å²) in [5, 5.41) is 8.93. The van der Waals surface area contributed by atoms with Crippen molar-refractivity contribution in [3.63, 3.8) is 0 Å². The fourth-order valence-electron chi connectivity index (χ4n) is 2.03. The lowest BCUT2D eigenvalue weighted by atomic mass is 10.0. The molecule has 110 valence electrons. The van der Waals surface area contributed by atoms with E-state index in [1.165, 1.54) is 0 Å². The highest BCUT2D eigenvalue weighted by Crippen LogP contribution is 2.49. The highest BCUT2D eigenvalue weighted by atomic mass is 16.6. The number of amides is 1. The molecule has 1 saturated carbocycles. The van der Waals surface area contributed by atoms with Crippen molar-refractivity contribution in [1.82, 2.24) is 4.90 Å². The molecule has 1 amide bonds. The van der Waals surface area contributed by atoms with Crippen molar-refractivity contribution in [1.29, 1.82) is 0 Å². The number of hydrogen-bond donors (Lipinski definition) is 1. The number of hydrogen-bond acceptors (Lipinski definition) is 3. The van der Waals surface area contributed by atoms with Crippen molar-refractivity contribution in [2.24, 2.45) is 5.41 Å². The van der Waals surface area contributed by atoms with Crippen molar-refractivity contribution >= 4 is 12.1 Å². The van der Waals surface area contributed by atoms with Crippen molar-refractivity contribution in [2.45, 2.75) is 65.5 Å². The molecule has 1 fully saturated rings. The molecule has 1 aliphatic rings. The zero-order chi connectivity index (χ0) is 14.8. The second-order valence-electron chi connectivity index (χ2n) is 6.77. The van der Waals surface area contributed by atoms with E-state index in [2.05, 4.69) is 0 Å². The second kappa shape index (κ2) is 5.39. The zero-order valence-electron chi connectivity index (χ0n) is 12.5. The average Bonchev–Trinajstić information content (AvgIpc) is 2.90. The van der Waals surface area contributed by atoms with E-state index >= 15 is 0 Å². The Labute approximate surface area is 114 Å². The molecular formula is C14H25NO4. The molecule has 0 aromatic carbocycles. The summed E-state index contributed by atoms with van der Waals surface area (Å²) in [5.74, 6) is -0.801. The van der Waals surface area contributed by atoms with Crippen LogP contribution in [0.15, 0.2) is 0 Å². The predicted octanol–water partition coefficient (Wildman–Crippen LogP) is 2.89. The molecule has 1 rings (SSSR count). The Bertz CT molecular complexity index is 353. The lowest BCUT2D eigenvalue weighted by Gasteiger charge is -2.32. The van der Waals surface area contributed by atoms with Gasteiger partial charge in [-0.25, -0.2) is 4.79 Å². The van der Waals surface area contributed by atoms with Gasteiger partial charge in [-0.05, 0) is 52.9 Å². The fraction of sp³-hybridized carbons (Fsp3) is 0.857. The van der Waals surface area contributed by atoms with Crippen LogP contribution in [0.25, 0.3) is 0 Å². The third-order valence-electron chi connectivity index (χ3n) is 3.24. The number of carbonyl (C=O) groups excluding carboxylic acids is 1. The molecule has 5 heteroatoms. The van der Waals surface area contributed by atoms with Gasteiger partial charge in [-0.15, -0.1) is 0 Å². The molecule has 1 N–H and O–H groups in total. The Morgan fingerprint density at radius 3 is 2.16 bits per heavy atom. The van der Waals surface area contributed by atoms with Gasteiger partial charge in [0.15, 0.2) is 0 Å². The van der Waals surface area contributed by atoms with E-state index in [0.717, 1.165) is 12.8 Å². The van der Waals surface area contributed by atoms with Crippen LogP contribution >= 0.6 is 0 Å². The maximum atomic E-state index is 12.1. The molecule has 5 nitrogen and oxygen atoms in total. The third-order valence-corrected chi connectivity index (χ3v) is 3.24. The van der Waals surface area contributed by atoms with E-state index < -0.39 is 11.6 Å². The quantitative estimate of drug-likeness (QED) is 0.835. The third kappa shape index (κ3) is 5.09. The number of carboxylic acid groups (broad SMARTS) is 1. The molecule has 19 heavy (non-hydrogen) atoms. The van der Waals surface area contributed by atoms with E-state index in [-0.39, 0.29) is 24.0 Å². The van der Waals surface area contributed by atoms with Crippen molar-refractivity contribution in [3.8, 4) is 0 Å². The normalized spacial score (nSPS) is 17.2. The summed E-state index contributed by atoms with van der Waals surface area (Å²) in [7, 11) is 0. The van der Waals surface area contributed by atoms with Crippen LogP contribution in [-0.2, 0) is 9.53 Å². The van der Waals surface area contributed by atoms with Crippen LogP contribution in [0.1, 0.15) is 53.9 Å². The first-order valence-corrected chi connectivity index (χ1v) is 6.76. The first kappa shape index (κ1) is 15.8. The van der Waals surface area contributed by atoms with Crippen LogP contribution < -0.4 is 0 Å². The minimum Gasteiger partial charge on any atom is -0.481 e. The molecule has 0 atom stereocenters. The molecule has 0 bridgehead atoms. The van der Waals surface area contributed by atoms with Gasteiger partial charge in [-0.1, -0.05) is 0 Å². The molecule has 0 aromatic heterocycles. The number of rotatable bonds is 5. The van der Waals surface area contributed by atoms with E-state index in [1.807, 2.05) is 34.6 Å². The van der Waals surface area contributed by atoms with Gasteiger partial charge < -0.3 is 14.7 Å². The van der Waals surface area contributed by atoms with Gasteiger partial charge >= 0.3 is 12.1 Å². The van der Waals surface area contributed by atoms with Gasteiger partial charge in [-0.3, -0.25) is 4.79 Å². The molecule has 0 aliphatic heterocycles. The fourth-order valence-corrected chi connectivity index (χ4v) is 2.03. The lowest BCUT2D eigenvalue weighted by molar-refractivity contribution is -0.138. The van der Waals surface area contributed by atoms with Crippen LogP contribution in [0.4, 0.5) is 4.79 Å². The van der Waals surface area contributed by atoms with Crippen LogP contribution in [0.2, 0.25) is 0 Å². The number of carboxylic acids is 1. The Kier molecular flexibility index (Phi) is 4.48. The summed E-state index contributed by atoms with van der Waals surface area (Å²) in [6.45, 7) is 9.78. The molecule has 0 saturated heterocycles. The van der Waals surface area contributed by atoms with Gasteiger partial charge in [-0.2, -0.15) is 0 Å². The van der Waals surface area contributed by atoms with E-state index in [0.29, 0.717) is 6.54 Å². The van der Waals surface area contributed by atoms with Crippen molar-refractivity contribution in [2.75, 3.05) is 6.54 Å². The zero-order valence-corrected chi connectivity index (χ0v) is 12.5. The van der Waals surface area contributed by atoms with Gasteiger partial charge in [0.05, 0.1) is 6.42 Å². The van der Waals surface area contributed by atoms with Crippen molar-refractivity contribution in [3.05, 3.63) is 0 Å². The van der Waals surface area contributed by atoms with Crippen LogP contribution in [-0.4, -0.2) is 40.3 Å². The second-order valence-corrected chi connectivity index (χ2v) is 6.77. The topological polar surface area (TPSA) is 66.8 Å². The summed E-state index contributed by atoms with van der Waals surface area (Å²) in [5.41, 5.74) is -0.777. The molecule has 0 heterocycles. The smallest absolute Gasteiger partial charge is 0.410 e. The van der Waals surface area contributed by atoms with Gasteiger partial charge in [0.25, 0.3) is 0 Å². The number of carbonyl (C=O) groups is 2. The molecule has 0 unspecified atom stereocenters. The van der Waals surface area contributed by atoms with Crippen molar-refractivity contribution < 1.29 is 19.4 Å². The van der Waals surface area contributed by atoms with Gasteiger partial charge in [0.2, 0.25) is 0 Å². The molecular weight excluding hydrogens is 246 g/mol. The number of nitrogens with zero attached hydrogens (tertiary/aromatic N) is 1. The van der Waals surface area contributed by atoms with Crippen LogP contribution in [0.3, 0.4) is 0 Å². The predicted molar refractivity (Wildman–Crippen MR) is 72.0 cm³/mol. The molecule has 0 aromatic rings. The molecule has 1 aliphatic carbocycles. The minimum atomic E-state index is -0.801. The Morgan fingerprint density at radius 2 is 1.84 bits per heavy atom. The Hall–Kier alpha value is -1.26. The molecule has 0 spiro atoms. The summed E-state index contributed by atoms with van der Waals surface area (Å²) < 4.78 is 5.38. The SMILES string of the molecule is CC(C)N(CC1(CC(=O)O)CC1)C(=O)OC(C)(C)C. The first-order chi connectivity index (χ1) is 8.55. The maximum Gasteiger partial charge on any atom is 0.410 e. The average molecular weight is 271 g/mol. The highest BCUT2D eigenvalue weighted by molar-refractivity contribution is 5.70. The maximum absolute atomic E-state index is 12.1. The van der Waals surface area contributed by atoms with Crippen LogP contribution in [0, 0.1) is 5.41 Å². The van der Waals surface area contributed by atoms with E-state index in [4.69, 9.17) is 9.84 Å². The summed E-state index contributed by atoms with van der Waals surface area (Å²) >= 11 is 0. The molecule has 0 radical (unpaired) electrons. The summed E-state index contributed by atoms with van der Waals surface area (Å²) in [6, 6.07) is 0.00104. The highest BCUT2D eigenvalue weighted by Gasteiger charge is 2.47. The standard InChI is InChI=1S/C14H25NO4/c1-10(2)15(12(18)19-13(3,4)5)9-14(6-7-14)8-11(16)17/h10H,6-9H2,1-5H3,(H,16,17). The van der Waals surface area contributed by atoms with Crippen LogP contribution in [0.5, 0.6) is 0 Å². The van der Waals surface area contributed by atoms with Gasteiger partial charge in [0.1, 0.15) is 5.60 Å². The van der Waals surface area contributed by atoms with E-state index in [1.54, 1.807) is 4.90 Å². The Balaban J connectivity index is 2.69. The number of aliphatic carboxylic acids is 1. The summed E-state index contributed by atoms with van der Waals surface area (Å²) in [6.07, 6.45) is 1.49. The minimum absolute atomic E-state index is 0.00104. The Morgan fingerprint density at radius 1 is 1.32 bits per heavy atom. The van der Waals surface area contributed by atoms with E-state index in [9.17, 15) is 9.59 Å². The van der Waals surface area contributed by atoms with Gasteiger partial charge in [0, 0.05) is 12.6 Å².